The third-order valence-electron chi connectivity index (χ3n) is 3.07. The van der Waals surface area contributed by atoms with Gasteiger partial charge in [-0.2, -0.15) is 0 Å². The van der Waals surface area contributed by atoms with Crippen molar-refractivity contribution in [2.45, 2.75) is 13.0 Å². The second kappa shape index (κ2) is 4.79. The van der Waals surface area contributed by atoms with E-state index in [2.05, 4.69) is 0 Å². The van der Waals surface area contributed by atoms with Crippen LogP contribution in [-0.4, -0.2) is 29.1 Å². The van der Waals surface area contributed by atoms with Gasteiger partial charge < -0.3 is 5.11 Å². The van der Waals surface area contributed by atoms with Crippen molar-refractivity contribution in [1.82, 2.24) is 4.90 Å². The Morgan fingerprint density at radius 1 is 1.41 bits per heavy atom. The first-order valence-electron chi connectivity index (χ1n) is 5.46. The molecule has 5 heteroatoms. The van der Waals surface area contributed by atoms with Gasteiger partial charge in [-0.25, -0.2) is 8.78 Å². The van der Waals surface area contributed by atoms with Crippen molar-refractivity contribution in [2.75, 3.05) is 13.1 Å². The molecule has 2 rings (SSSR count). The topological polar surface area (TPSA) is 40.5 Å². The Balaban J connectivity index is 2.05. The van der Waals surface area contributed by atoms with Crippen molar-refractivity contribution in [3.8, 4) is 0 Å². The smallest absolute Gasteiger partial charge is 0.307 e. The van der Waals surface area contributed by atoms with Gasteiger partial charge in [0.2, 0.25) is 0 Å². The summed E-state index contributed by atoms with van der Waals surface area (Å²) in [6.07, 6.45) is 0.533. The van der Waals surface area contributed by atoms with Crippen molar-refractivity contribution in [2.24, 2.45) is 5.92 Å². The molecule has 1 heterocycles. The average molecular weight is 241 g/mol. The normalized spacial score (nSPS) is 20.7. The molecule has 0 radical (unpaired) electrons. The van der Waals surface area contributed by atoms with Crippen molar-refractivity contribution in [1.29, 1.82) is 0 Å². The lowest BCUT2D eigenvalue weighted by Gasteiger charge is -2.16. The van der Waals surface area contributed by atoms with Crippen molar-refractivity contribution < 1.29 is 18.7 Å². The van der Waals surface area contributed by atoms with Crippen LogP contribution in [0.1, 0.15) is 12.0 Å². The fraction of sp³-hybridized carbons (Fsp3) is 0.417. The fourth-order valence-corrected chi connectivity index (χ4v) is 2.08. The molecular weight excluding hydrogens is 228 g/mol. The number of aliphatic carboxylic acids is 1. The number of benzene rings is 1. The fourth-order valence-electron chi connectivity index (χ4n) is 2.08. The molecule has 17 heavy (non-hydrogen) atoms. The molecule has 1 aliphatic heterocycles. The molecule has 0 amide bonds. The number of carboxylic acid groups (broad SMARTS) is 1. The highest BCUT2D eigenvalue weighted by molar-refractivity contribution is 5.70. The van der Waals surface area contributed by atoms with Gasteiger partial charge in [0.25, 0.3) is 0 Å². The number of nitrogens with zero attached hydrogens (tertiary/aromatic N) is 1. The molecule has 1 aromatic carbocycles. The summed E-state index contributed by atoms with van der Waals surface area (Å²) in [7, 11) is 0. The molecule has 0 unspecified atom stereocenters. The summed E-state index contributed by atoms with van der Waals surface area (Å²) in [6, 6.07) is 3.74. The number of hydrogen-bond acceptors (Lipinski definition) is 2. The number of hydrogen-bond donors (Lipinski definition) is 1. The Labute approximate surface area is 97.7 Å². The maximum atomic E-state index is 13.4. The molecule has 0 spiro atoms. The molecule has 0 bridgehead atoms. The van der Waals surface area contributed by atoms with E-state index >= 15 is 0 Å². The summed E-state index contributed by atoms with van der Waals surface area (Å²) >= 11 is 0. The van der Waals surface area contributed by atoms with Gasteiger partial charge in [-0.3, -0.25) is 9.69 Å². The van der Waals surface area contributed by atoms with Gasteiger partial charge in [-0.15, -0.1) is 0 Å². The van der Waals surface area contributed by atoms with Gasteiger partial charge in [-0.1, -0.05) is 6.07 Å². The van der Waals surface area contributed by atoms with E-state index in [4.69, 9.17) is 5.11 Å². The van der Waals surface area contributed by atoms with E-state index in [0.29, 0.717) is 19.5 Å². The monoisotopic (exact) mass is 241 g/mol. The minimum absolute atomic E-state index is 0.0125. The summed E-state index contributed by atoms with van der Waals surface area (Å²) in [5.74, 6) is -2.43. The van der Waals surface area contributed by atoms with Crippen LogP contribution in [-0.2, 0) is 11.3 Å². The third kappa shape index (κ3) is 2.61. The molecule has 1 N–H and O–H groups in total. The maximum absolute atomic E-state index is 13.4. The van der Waals surface area contributed by atoms with Crippen molar-refractivity contribution in [3.63, 3.8) is 0 Å². The summed E-state index contributed by atoms with van der Waals surface area (Å²) in [5.41, 5.74) is 0.0125. The molecular formula is C12H13F2NO2. The van der Waals surface area contributed by atoms with Gasteiger partial charge in [0, 0.05) is 18.7 Å². The number of halogens is 2. The van der Waals surface area contributed by atoms with E-state index < -0.39 is 23.5 Å². The molecule has 1 atom stereocenters. The Kier molecular flexibility index (Phi) is 3.38. The Bertz CT molecular complexity index is 416. The van der Waals surface area contributed by atoms with Gasteiger partial charge in [0.05, 0.1) is 5.92 Å². The highest BCUT2D eigenvalue weighted by atomic mass is 19.1. The number of carbonyl (C=O) groups is 1. The van der Waals surface area contributed by atoms with E-state index in [1.807, 2.05) is 0 Å². The Morgan fingerprint density at radius 2 is 2.06 bits per heavy atom. The molecule has 1 aromatic rings. The van der Waals surface area contributed by atoms with Crippen LogP contribution in [0.5, 0.6) is 0 Å². The largest absolute Gasteiger partial charge is 0.481 e. The summed E-state index contributed by atoms with van der Waals surface area (Å²) in [5, 5.41) is 8.83. The molecule has 0 aromatic heterocycles. The first-order chi connectivity index (χ1) is 8.08. The van der Waals surface area contributed by atoms with Crippen LogP contribution in [0.15, 0.2) is 18.2 Å². The Morgan fingerprint density at radius 3 is 2.59 bits per heavy atom. The van der Waals surface area contributed by atoms with E-state index in [1.54, 1.807) is 4.90 Å². The lowest BCUT2D eigenvalue weighted by molar-refractivity contribution is -0.141. The first-order valence-corrected chi connectivity index (χ1v) is 5.46. The molecule has 1 aliphatic rings. The molecule has 1 saturated heterocycles. The molecule has 0 saturated carbocycles. The van der Waals surface area contributed by atoms with Crippen molar-refractivity contribution >= 4 is 5.97 Å². The van der Waals surface area contributed by atoms with Gasteiger partial charge in [0.1, 0.15) is 11.6 Å². The first kappa shape index (κ1) is 12.0. The second-order valence-electron chi connectivity index (χ2n) is 4.26. The molecule has 3 nitrogen and oxygen atoms in total. The minimum Gasteiger partial charge on any atom is -0.481 e. The second-order valence-corrected chi connectivity index (χ2v) is 4.26. The van der Waals surface area contributed by atoms with E-state index in [9.17, 15) is 13.6 Å². The van der Waals surface area contributed by atoms with Crippen LogP contribution in [0.4, 0.5) is 8.78 Å². The van der Waals surface area contributed by atoms with E-state index in [0.717, 1.165) is 0 Å². The number of likely N-dealkylation sites (tertiary alicyclic amines) is 1. The zero-order valence-corrected chi connectivity index (χ0v) is 9.20. The Hall–Kier alpha value is -1.49. The van der Waals surface area contributed by atoms with Gasteiger partial charge >= 0.3 is 5.97 Å². The predicted octanol–water partition coefficient (Wildman–Crippen LogP) is 1.87. The standard InChI is InChI=1S/C12H13F2NO2/c13-10-2-1-3-11(14)9(10)7-15-5-4-8(6-15)12(16)17/h1-3,8H,4-7H2,(H,16,17)/t8-/m0/s1. The number of carboxylic acids is 1. The van der Waals surface area contributed by atoms with Crippen molar-refractivity contribution in [3.05, 3.63) is 35.4 Å². The minimum atomic E-state index is -0.846. The van der Waals surface area contributed by atoms with Crippen LogP contribution in [0.25, 0.3) is 0 Å². The summed E-state index contributed by atoms with van der Waals surface area (Å²) < 4.78 is 26.8. The summed E-state index contributed by atoms with van der Waals surface area (Å²) in [4.78, 5) is 12.5. The zero-order valence-electron chi connectivity index (χ0n) is 9.20. The van der Waals surface area contributed by atoms with Crippen LogP contribution in [0, 0.1) is 17.6 Å². The number of rotatable bonds is 3. The maximum Gasteiger partial charge on any atom is 0.307 e. The zero-order chi connectivity index (χ0) is 12.4. The lowest BCUT2D eigenvalue weighted by Crippen LogP contribution is -2.23. The molecule has 1 fully saturated rings. The van der Waals surface area contributed by atoms with Crippen LogP contribution >= 0.6 is 0 Å². The quantitative estimate of drug-likeness (QED) is 0.878. The predicted molar refractivity (Wildman–Crippen MR) is 57.4 cm³/mol. The molecule has 92 valence electrons. The third-order valence-corrected chi connectivity index (χ3v) is 3.07. The van der Waals surface area contributed by atoms with E-state index in [1.165, 1.54) is 18.2 Å². The molecule has 0 aliphatic carbocycles. The van der Waals surface area contributed by atoms with Crippen LogP contribution in [0.3, 0.4) is 0 Å². The van der Waals surface area contributed by atoms with E-state index in [-0.39, 0.29) is 12.1 Å². The highest BCUT2D eigenvalue weighted by Crippen LogP contribution is 2.21. The SMILES string of the molecule is O=C(O)[C@H]1CCN(Cc2c(F)cccc2F)C1. The van der Waals surface area contributed by atoms with Gasteiger partial charge in [-0.05, 0) is 25.1 Å². The van der Waals surface area contributed by atoms with Crippen LogP contribution < -0.4 is 0 Å². The van der Waals surface area contributed by atoms with Gasteiger partial charge in [0.15, 0.2) is 0 Å². The summed E-state index contributed by atoms with van der Waals surface area (Å²) in [6.45, 7) is 1.04. The highest BCUT2D eigenvalue weighted by Gasteiger charge is 2.28. The average Bonchev–Trinajstić information content (AvgIpc) is 2.72. The van der Waals surface area contributed by atoms with Crippen LogP contribution in [0.2, 0.25) is 0 Å². The lowest BCUT2D eigenvalue weighted by atomic mass is 10.1.